The van der Waals surface area contributed by atoms with E-state index in [4.69, 9.17) is 0 Å². The molecule has 6 unspecified atom stereocenters. The molecular formula is C14H24. The van der Waals surface area contributed by atoms with Gasteiger partial charge in [0.1, 0.15) is 0 Å². The van der Waals surface area contributed by atoms with E-state index in [0.717, 1.165) is 35.5 Å². The van der Waals surface area contributed by atoms with Crippen molar-refractivity contribution in [2.45, 2.75) is 40.5 Å². The second-order valence-corrected chi connectivity index (χ2v) is 5.68. The van der Waals surface area contributed by atoms with E-state index in [9.17, 15) is 0 Å². The summed E-state index contributed by atoms with van der Waals surface area (Å²) in [6.07, 6.45) is 7.67. The Bertz CT molecular complexity index is 228. The van der Waals surface area contributed by atoms with Gasteiger partial charge in [-0.3, -0.25) is 0 Å². The van der Waals surface area contributed by atoms with Gasteiger partial charge >= 0.3 is 0 Å². The van der Waals surface area contributed by atoms with Crippen LogP contribution in [0.5, 0.6) is 0 Å². The van der Waals surface area contributed by atoms with E-state index in [2.05, 4.69) is 39.8 Å². The Balaban J connectivity index is 2.24. The van der Waals surface area contributed by atoms with Gasteiger partial charge in [0.2, 0.25) is 0 Å². The lowest BCUT2D eigenvalue weighted by molar-refractivity contribution is 0.0267. The zero-order valence-corrected chi connectivity index (χ0v) is 10.0. The van der Waals surface area contributed by atoms with Crippen molar-refractivity contribution in [3.05, 3.63) is 12.2 Å². The predicted molar refractivity (Wildman–Crippen MR) is 62.0 cm³/mol. The van der Waals surface area contributed by atoms with E-state index < -0.39 is 0 Å². The molecule has 6 atom stereocenters. The molecule has 0 heteroatoms. The zero-order chi connectivity index (χ0) is 10.3. The van der Waals surface area contributed by atoms with Crippen LogP contribution in [-0.2, 0) is 0 Å². The predicted octanol–water partition coefficient (Wildman–Crippen LogP) is 4.13. The fourth-order valence-electron chi connectivity index (χ4n) is 3.75. The highest BCUT2D eigenvalue weighted by Crippen LogP contribution is 2.49. The van der Waals surface area contributed by atoms with Gasteiger partial charge in [-0.1, -0.05) is 39.8 Å². The molecule has 0 aliphatic heterocycles. The standard InChI is InChI=1S/C14H24/c1-9-10(2)12(4)14-8-6-5-7-13(14)11(9)3/h5,7,9-14H,6,8H2,1-4H3. The first-order chi connectivity index (χ1) is 6.63. The van der Waals surface area contributed by atoms with Crippen molar-refractivity contribution in [3.63, 3.8) is 0 Å². The maximum Gasteiger partial charge on any atom is -0.0174 e. The van der Waals surface area contributed by atoms with E-state index in [1.165, 1.54) is 12.8 Å². The van der Waals surface area contributed by atoms with Crippen molar-refractivity contribution in [1.29, 1.82) is 0 Å². The van der Waals surface area contributed by atoms with Crippen LogP contribution in [0.1, 0.15) is 40.5 Å². The Labute approximate surface area is 88.8 Å². The molecule has 2 rings (SSSR count). The van der Waals surface area contributed by atoms with Crippen LogP contribution in [0.25, 0.3) is 0 Å². The molecule has 80 valence electrons. The van der Waals surface area contributed by atoms with Gasteiger partial charge in [-0.25, -0.2) is 0 Å². The Kier molecular flexibility index (Phi) is 2.72. The smallest absolute Gasteiger partial charge is 0.0174 e. The third kappa shape index (κ3) is 1.43. The van der Waals surface area contributed by atoms with Gasteiger partial charge in [-0.15, -0.1) is 0 Å². The van der Waals surface area contributed by atoms with Gasteiger partial charge in [0.25, 0.3) is 0 Å². The van der Waals surface area contributed by atoms with Crippen molar-refractivity contribution >= 4 is 0 Å². The Morgan fingerprint density at radius 1 is 0.857 bits per heavy atom. The molecule has 0 spiro atoms. The normalized spacial score (nSPS) is 52.9. The monoisotopic (exact) mass is 192 g/mol. The molecule has 0 aromatic carbocycles. The van der Waals surface area contributed by atoms with Crippen LogP contribution in [0, 0.1) is 35.5 Å². The SMILES string of the molecule is CC1C(C)C(C)C2CCC=CC2C1C. The molecule has 0 saturated heterocycles. The average Bonchev–Trinajstić information content (AvgIpc) is 2.23. The molecule has 14 heavy (non-hydrogen) atoms. The van der Waals surface area contributed by atoms with Crippen molar-refractivity contribution in [2.75, 3.05) is 0 Å². The first kappa shape index (κ1) is 10.3. The molecule has 0 aromatic heterocycles. The number of fused-ring (bicyclic) bond motifs is 1. The minimum absolute atomic E-state index is 0.880. The first-order valence-electron chi connectivity index (χ1n) is 6.29. The molecule has 0 N–H and O–H groups in total. The summed E-state index contributed by atoms with van der Waals surface area (Å²) in [7, 11) is 0. The van der Waals surface area contributed by atoms with Crippen molar-refractivity contribution in [3.8, 4) is 0 Å². The molecule has 0 radical (unpaired) electrons. The fourth-order valence-corrected chi connectivity index (χ4v) is 3.75. The van der Waals surface area contributed by atoms with Crippen LogP contribution in [-0.4, -0.2) is 0 Å². The molecule has 0 heterocycles. The van der Waals surface area contributed by atoms with Crippen LogP contribution in [0.15, 0.2) is 12.2 Å². The van der Waals surface area contributed by atoms with Crippen molar-refractivity contribution in [1.82, 2.24) is 0 Å². The summed E-state index contributed by atoms with van der Waals surface area (Å²) < 4.78 is 0. The highest BCUT2D eigenvalue weighted by Gasteiger charge is 2.42. The minimum Gasteiger partial charge on any atom is -0.0882 e. The van der Waals surface area contributed by atoms with E-state index in [0.29, 0.717) is 0 Å². The van der Waals surface area contributed by atoms with Crippen LogP contribution in [0.2, 0.25) is 0 Å². The summed E-state index contributed by atoms with van der Waals surface area (Å²) in [5, 5.41) is 0. The van der Waals surface area contributed by atoms with Gasteiger partial charge < -0.3 is 0 Å². The quantitative estimate of drug-likeness (QED) is 0.506. The molecular weight excluding hydrogens is 168 g/mol. The van der Waals surface area contributed by atoms with Crippen LogP contribution >= 0.6 is 0 Å². The lowest BCUT2D eigenvalue weighted by Crippen LogP contribution is -2.42. The summed E-state index contributed by atoms with van der Waals surface area (Å²) >= 11 is 0. The summed E-state index contributed by atoms with van der Waals surface area (Å²) in [5.74, 6) is 5.48. The number of rotatable bonds is 0. The van der Waals surface area contributed by atoms with Gasteiger partial charge in [0.15, 0.2) is 0 Å². The summed E-state index contributed by atoms with van der Waals surface area (Å²) in [4.78, 5) is 0. The third-order valence-electron chi connectivity index (χ3n) is 5.29. The second-order valence-electron chi connectivity index (χ2n) is 5.68. The number of allylic oxidation sites excluding steroid dienone is 2. The van der Waals surface area contributed by atoms with E-state index >= 15 is 0 Å². The molecule has 0 nitrogen and oxygen atoms in total. The highest BCUT2D eigenvalue weighted by molar-refractivity contribution is 5.04. The van der Waals surface area contributed by atoms with E-state index in [-0.39, 0.29) is 0 Å². The van der Waals surface area contributed by atoms with Gasteiger partial charge in [-0.2, -0.15) is 0 Å². The number of hydrogen-bond acceptors (Lipinski definition) is 0. The molecule has 2 aliphatic carbocycles. The zero-order valence-electron chi connectivity index (χ0n) is 10.0. The third-order valence-corrected chi connectivity index (χ3v) is 5.29. The lowest BCUT2D eigenvalue weighted by atomic mass is 9.57. The lowest BCUT2D eigenvalue weighted by Gasteiger charge is -2.48. The fraction of sp³-hybridized carbons (Fsp3) is 0.857. The minimum atomic E-state index is 0.880. The molecule has 1 fully saturated rings. The molecule has 0 amide bonds. The molecule has 2 aliphatic rings. The maximum atomic E-state index is 2.51. The van der Waals surface area contributed by atoms with Crippen molar-refractivity contribution < 1.29 is 0 Å². The molecule has 0 bridgehead atoms. The number of hydrogen-bond donors (Lipinski definition) is 0. The van der Waals surface area contributed by atoms with Gasteiger partial charge in [0, 0.05) is 0 Å². The topological polar surface area (TPSA) is 0 Å². The van der Waals surface area contributed by atoms with Gasteiger partial charge in [0.05, 0.1) is 0 Å². The summed E-state index contributed by atoms with van der Waals surface area (Å²) in [6.45, 7) is 9.84. The summed E-state index contributed by atoms with van der Waals surface area (Å²) in [6, 6.07) is 0. The second kappa shape index (κ2) is 3.72. The Hall–Kier alpha value is -0.260. The first-order valence-corrected chi connectivity index (χ1v) is 6.29. The van der Waals surface area contributed by atoms with Gasteiger partial charge in [-0.05, 0) is 48.3 Å². The largest absolute Gasteiger partial charge is 0.0882 e. The van der Waals surface area contributed by atoms with Crippen molar-refractivity contribution in [2.24, 2.45) is 35.5 Å². The van der Waals surface area contributed by atoms with Crippen LogP contribution in [0.3, 0.4) is 0 Å². The molecule has 1 saturated carbocycles. The van der Waals surface area contributed by atoms with Crippen LogP contribution in [0.4, 0.5) is 0 Å². The maximum absolute atomic E-state index is 2.51. The Morgan fingerprint density at radius 3 is 2.21 bits per heavy atom. The average molecular weight is 192 g/mol. The highest BCUT2D eigenvalue weighted by atomic mass is 14.5. The summed E-state index contributed by atoms with van der Waals surface area (Å²) in [5.41, 5.74) is 0. The van der Waals surface area contributed by atoms with Crippen LogP contribution < -0.4 is 0 Å². The van der Waals surface area contributed by atoms with E-state index in [1.54, 1.807) is 0 Å². The Morgan fingerprint density at radius 2 is 1.50 bits per heavy atom. The molecule has 0 aromatic rings. The van der Waals surface area contributed by atoms with E-state index in [1.807, 2.05) is 0 Å².